The molecule has 0 saturated heterocycles. The van der Waals surface area contributed by atoms with E-state index in [9.17, 15) is 15.0 Å². The number of aromatic nitrogens is 2. The number of hydrogen-bond donors (Lipinski definition) is 3. The third kappa shape index (κ3) is 4.77. The summed E-state index contributed by atoms with van der Waals surface area (Å²) in [5.41, 5.74) is 3.56. The maximum absolute atomic E-state index is 12.7. The average molecular weight is 473 g/mol. The number of carbonyl (C=O) groups is 1. The van der Waals surface area contributed by atoms with Gasteiger partial charge in [0.2, 0.25) is 11.2 Å². The molecule has 2 heterocycles. The normalized spacial score (nSPS) is 17.6. The maximum atomic E-state index is 12.7. The molecule has 0 fully saturated rings. The molecular weight excluding hydrogens is 451 g/mol. The molecule has 1 unspecified atom stereocenters. The molecule has 1 aliphatic rings. The number of benzene rings is 2. The van der Waals surface area contributed by atoms with Crippen molar-refractivity contribution in [1.29, 1.82) is 0 Å². The fraction of sp³-hybridized carbons (Fsp3) is 0.261. The number of hydrogen-bond acceptors (Lipinski definition) is 6. The lowest BCUT2D eigenvalue weighted by molar-refractivity contribution is -0.126. The van der Waals surface area contributed by atoms with Gasteiger partial charge in [0.25, 0.3) is 0 Å². The minimum Gasteiger partial charge on any atom is -0.391 e. The first kappa shape index (κ1) is 22.6. The van der Waals surface area contributed by atoms with E-state index in [0.717, 1.165) is 11.1 Å². The summed E-state index contributed by atoms with van der Waals surface area (Å²) in [6, 6.07) is 14.3. The van der Waals surface area contributed by atoms with Crippen molar-refractivity contribution in [2.75, 3.05) is 6.54 Å². The molecule has 1 amide bonds. The number of rotatable bonds is 6. The fourth-order valence-corrected chi connectivity index (χ4v) is 4.20. The quantitative estimate of drug-likeness (QED) is 0.474. The molecule has 1 aromatic heterocycles. The first-order chi connectivity index (χ1) is 15.3. The van der Waals surface area contributed by atoms with Crippen LogP contribution in [0.4, 0.5) is 0 Å². The lowest BCUT2D eigenvalue weighted by Gasteiger charge is -2.25. The number of aliphatic hydroxyl groups is 2. The Kier molecular flexibility index (Phi) is 6.74. The Bertz CT molecular complexity index is 1130. The predicted octanol–water partition coefficient (Wildman–Crippen LogP) is 3.50. The number of aliphatic hydroxyl groups excluding tert-OH is 2. The summed E-state index contributed by atoms with van der Waals surface area (Å²) in [7, 11) is 0. The molecule has 166 valence electrons. The largest absolute Gasteiger partial charge is 0.391 e. The van der Waals surface area contributed by atoms with Gasteiger partial charge in [0.05, 0.1) is 35.6 Å². The molecule has 9 heteroatoms. The molecule has 3 N–H and O–H groups in total. The average Bonchev–Trinajstić information content (AvgIpc) is 3.08. The van der Waals surface area contributed by atoms with Crippen molar-refractivity contribution < 1.29 is 15.0 Å². The number of amides is 1. The van der Waals surface area contributed by atoms with Gasteiger partial charge in [-0.15, -0.1) is 0 Å². The molecule has 0 radical (unpaired) electrons. The minimum absolute atomic E-state index is 0.0265. The number of nitrogens with one attached hydrogen (secondary N) is 1. The van der Waals surface area contributed by atoms with Crippen LogP contribution in [0.5, 0.6) is 0 Å². The Hall–Kier alpha value is -2.55. The smallest absolute Gasteiger partial charge is 0.234 e. The van der Waals surface area contributed by atoms with Crippen molar-refractivity contribution in [2.45, 2.75) is 31.8 Å². The Morgan fingerprint density at radius 2 is 2.00 bits per heavy atom. The highest BCUT2D eigenvalue weighted by molar-refractivity contribution is 6.33. The highest BCUT2D eigenvalue weighted by atomic mass is 35.5. The molecule has 0 aliphatic carbocycles. The topological polar surface area (TPSA) is 98.6 Å². The van der Waals surface area contributed by atoms with Crippen LogP contribution in [0, 0.1) is 0 Å². The van der Waals surface area contributed by atoms with Crippen LogP contribution in [0.25, 0.3) is 11.3 Å². The van der Waals surface area contributed by atoms with Gasteiger partial charge in [-0.05, 0) is 35.7 Å². The summed E-state index contributed by atoms with van der Waals surface area (Å²) in [6.07, 6.45) is -0.305. The van der Waals surface area contributed by atoms with E-state index >= 15 is 0 Å². The van der Waals surface area contributed by atoms with Crippen molar-refractivity contribution >= 4 is 29.1 Å². The Morgan fingerprint density at radius 3 is 2.72 bits per heavy atom. The van der Waals surface area contributed by atoms with Gasteiger partial charge in [0, 0.05) is 17.7 Å². The first-order valence-corrected chi connectivity index (χ1v) is 10.8. The number of halogens is 2. The zero-order valence-corrected chi connectivity index (χ0v) is 18.8. The van der Waals surface area contributed by atoms with Crippen LogP contribution in [0.1, 0.15) is 35.9 Å². The second kappa shape index (κ2) is 9.52. The van der Waals surface area contributed by atoms with E-state index in [1.165, 1.54) is 6.20 Å². The van der Waals surface area contributed by atoms with Gasteiger partial charge in [-0.1, -0.05) is 54.1 Å². The Morgan fingerprint density at radius 1 is 1.25 bits per heavy atom. The summed E-state index contributed by atoms with van der Waals surface area (Å²) >= 11 is 12.1. The van der Waals surface area contributed by atoms with Crippen LogP contribution in [-0.4, -0.2) is 43.6 Å². The number of fused-ring (bicyclic) bond motifs is 1. The van der Waals surface area contributed by atoms with Gasteiger partial charge in [0.15, 0.2) is 0 Å². The zero-order chi connectivity index (χ0) is 22.8. The SMILES string of the molecule is C[C@H](O)[C@@H](NC(=O)CN1Cc2ccc(-c3nc(Cl)ncc3Cl)cc2C1O)c1ccccc1. The van der Waals surface area contributed by atoms with E-state index in [2.05, 4.69) is 15.3 Å². The maximum Gasteiger partial charge on any atom is 0.234 e. The predicted molar refractivity (Wildman–Crippen MR) is 122 cm³/mol. The van der Waals surface area contributed by atoms with Crippen molar-refractivity contribution in [1.82, 2.24) is 20.2 Å². The minimum atomic E-state index is -0.964. The second-order valence-electron chi connectivity index (χ2n) is 7.72. The third-order valence-electron chi connectivity index (χ3n) is 5.44. The highest BCUT2D eigenvalue weighted by Crippen LogP contribution is 2.36. The first-order valence-electron chi connectivity index (χ1n) is 10.1. The van der Waals surface area contributed by atoms with Gasteiger partial charge in [-0.2, -0.15) is 0 Å². The van der Waals surface area contributed by atoms with Crippen LogP contribution in [0.15, 0.2) is 54.7 Å². The Balaban J connectivity index is 1.48. The van der Waals surface area contributed by atoms with E-state index in [4.69, 9.17) is 23.2 Å². The van der Waals surface area contributed by atoms with Crippen LogP contribution in [0.2, 0.25) is 10.3 Å². The molecule has 4 rings (SSSR count). The zero-order valence-electron chi connectivity index (χ0n) is 17.2. The van der Waals surface area contributed by atoms with Crippen LogP contribution < -0.4 is 5.32 Å². The molecule has 1 aliphatic heterocycles. The van der Waals surface area contributed by atoms with Crippen molar-refractivity contribution in [3.05, 3.63) is 81.7 Å². The van der Waals surface area contributed by atoms with Gasteiger partial charge in [-0.25, -0.2) is 9.97 Å². The second-order valence-corrected chi connectivity index (χ2v) is 8.47. The molecular formula is C23H22Cl2N4O3. The van der Waals surface area contributed by atoms with E-state index in [1.807, 2.05) is 42.5 Å². The van der Waals surface area contributed by atoms with Crippen molar-refractivity contribution in [2.24, 2.45) is 0 Å². The molecule has 2 aromatic carbocycles. The summed E-state index contributed by atoms with van der Waals surface area (Å²) < 4.78 is 0. The van der Waals surface area contributed by atoms with Gasteiger partial charge < -0.3 is 15.5 Å². The van der Waals surface area contributed by atoms with Crippen LogP contribution in [-0.2, 0) is 11.3 Å². The molecule has 32 heavy (non-hydrogen) atoms. The molecule has 0 bridgehead atoms. The van der Waals surface area contributed by atoms with Crippen LogP contribution in [0.3, 0.4) is 0 Å². The van der Waals surface area contributed by atoms with Gasteiger partial charge in [-0.3, -0.25) is 9.69 Å². The molecule has 3 atom stereocenters. The van der Waals surface area contributed by atoms with Crippen molar-refractivity contribution in [3.63, 3.8) is 0 Å². The van der Waals surface area contributed by atoms with Crippen LogP contribution >= 0.6 is 23.2 Å². The summed E-state index contributed by atoms with van der Waals surface area (Å²) in [5, 5.41) is 24.3. The lowest BCUT2D eigenvalue weighted by atomic mass is 10.0. The van der Waals surface area contributed by atoms with E-state index in [-0.39, 0.29) is 17.7 Å². The van der Waals surface area contributed by atoms with Gasteiger partial charge >= 0.3 is 0 Å². The molecule has 0 spiro atoms. The molecule has 3 aromatic rings. The highest BCUT2D eigenvalue weighted by Gasteiger charge is 2.31. The molecule has 0 saturated carbocycles. The number of carbonyl (C=O) groups excluding carboxylic acids is 1. The Labute approximate surface area is 195 Å². The van der Waals surface area contributed by atoms with E-state index < -0.39 is 18.4 Å². The summed E-state index contributed by atoms with van der Waals surface area (Å²) in [6.45, 7) is 2.01. The summed E-state index contributed by atoms with van der Waals surface area (Å²) in [5.74, 6) is -0.294. The third-order valence-corrected chi connectivity index (χ3v) is 5.89. The van der Waals surface area contributed by atoms with E-state index in [1.54, 1.807) is 17.9 Å². The molecule has 7 nitrogen and oxygen atoms in total. The monoisotopic (exact) mass is 472 g/mol. The lowest BCUT2D eigenvalue weighted by Crippen LogP contribution is -2.41. The standard InChI is InChI=1S/C23H22Cl2N4O3/c1-13(30)20(14-5-3-2-4-6-14)27-19(31)12-29-11-16-8-7-15(9-17(16)22(29)32)21-18(24)10-26-23(25)28-21/h2-10,13,20,22,30,32H,11-12H2,1H3,(H,27,31)/t13-,20+,22?/m0/s1. The number of nitrogens with zero attached hydrogens (tertiary/aromatic N) is 3. The van der Waals surface area contributed by atoms with Gasteiger partial charge in [0.1, 0.15) is 6.23 Å². The summed E-state index contributed by atoms with van der Waals surface area (Å²) in [4.78, 5) is 22.4. The van der Waals surface area contributed by atoms with Crippen molar-refractivity contribution in [3.8, 4) is 11.3 Å². The van der Waals surface area contributed by atoms with E-state index in [0.29, 0.717) is 28.4 Å². The fourth-order valence-electron chi connectivity index (χ4n) is 3.87.